The molecule has 0 aromatic heterocycles. The fraction of sp³-hybridized carbons (Fsp3) is 0.243. The Morgan fingerprint density at radius 2 is 1.60 bits per heavy atom. The monoisotopic (exact) mass is 649 g/mol. The molecule has 2 aliphatic carbocycles. The van der Waals surface area contributed by atoms with Crippen LogP contribution in [0.15, 0.2) is 96.6 Å². The number of hydrogen-bond donors (Lipinski definition) is 2. The van der Waals surface area contributed by atoms with Crippen molar-refractivity contribution in [3.8, 4) is 5.75 Å². The van der Waals surface area contributed by atoms with Gasteiger partial charge in [-0.3, -0.25) is 29.5 Å². The van der Waals surface area contributed by atoms with Crippen molar-refractivity contribution in [1.29, 1.82) is 0 Å². The molecule has 2 aliphatic heterocycles. The third-order valence-corrected chi connectivity index (χ3v) is 11.0. The number of hydrogen-bond acceptors (Lipinski definition) is 6. The first-order valence-corrected chi connectivity index (χ1v) is 15.9. The van der Waals surface area contributed by atoms with Crippen LogP contribution >= 0.6 is 11.6 Å². The molecule has 2 N–H and O–H groups in total. The summed E-state index contributed by atoms with van der Waals surface area (Å²) in [7, 11) is 1.48. The number of phenols is 1. The first-order valence-electron chi connectivity index (χ1n) is 15.5. The van der Waals surface area contributed by atoms with E-state index in [0.29, 0.717) is 27.2 Å². The smallest absolute Gasteiger partial charge is 0.260 e. The second kappa shape index (κ2) is 10.5. The van der Waals surface area contributed by atoms with Crippen LogP contribution in [-0.4, -0.2) is 45.7 Å². The lowest BCUT2D eigenvalue weighted by Crippen LogP contribution is -2.53. The summed E-state index contributed by atoms with van der Waals surface area (Å²) in [5, 5.41) is 14.7. The van der Waals surface area contributed by atoms with Crippen molar-refractivity contribution in [2.75, 3.05) is 12.5 Å². The molecule has 0 spiro atoms. The van der Waals surface area contributed by atoms with Crippen LogP contribution in [-0.2, 0) is 24.6 Å². The third-order valence-electron chi connectivity index (χ3n) is 10.7. The fourth-order valence-electron chi connectivity index (χ4n) is 8.71. The average molecular weight is 650 g/mol. The highest BCUT2D eigenvalue weighted by Crippen LogP contribution is 2.65. The number of hydrazine groups is 1. The summed E-state index contributed by atoms with van der Waals surface area (Å²) in [6.07, 6.45) is 2.36. The number of nitrogens with zero attached hydrogens (tertiary/aromatic N) is 2. The largest absolute Gasteiger partial charge is 0.508 e. The molecule has 4 aliphatic rings. The van der Waals surface area contributed by atoms with Gasteiger partial charge in [0, 0.05) is 23.6 Å². The van der Waals surface area contributed by atoms with Crippen molar-refractivity contribution in [3.05, 3.63) is 119 Å². The predicted molar refractivity (Wildman–Crippen MR) is 172 cm³/mol. The number of fused-ring (bicyclic) bond motifs is 5. The van der Waals surface area contributed by atoms with Gasteiger partial charge in [-0.1, -0.05) is 65.7 Å². The van der Waals surface area contributed by atoms with E-state index in [9.17, 15) is 23.9 Å². The van der Waals surface area contributed by atoms with E-state index < -0.39 is 52.6 Å². The molecule has 2 heterocycles. The zero-order valence-electron chi connectivity index (χ0n) is 25.2. The summed E-state index contributed by atoms with van der Waals surface area (Å²) in [4.78, 5) is 58.0. The van der Waals surface area contributed by atoms with Crippen molar-refractivity contribution in [3.63, 3.8) is 0 Å². The molecule has 0 bridgehead atoms. The van der Waals surface area contributed by atoms with Crippen molar-refractivity contribution < 1.29 is 28.7 Å². The number of allylic oxidation sites excluding steroid dienone is 2. The zero-order valence-corrected chi connectivity index (χ0v) is 25.9. The SMILES string of the molecule is CN1C(=O)C2CC=C3C(CC4C(=O)N(Nc5ccc(F)cc5)C(=O)C4(c4ccc(Cl)cc4)C3c3c(O)ccc4ccccc34)C2C1=O. The number of likely N-dealkylation sites (tertiary alicyclic amines) is 1. The minimum atomic E-state index is -1.58. The van der Waals surface area contributed by atoms with E-state index in [0.717, 1.165) is 16.0 Å². The Balaban J connectivity index is 1.42. The van der Waals surface area contributed by atoms with Crippen molar-refractivity contribution in [1.82, 2.24) is 9.91 Å². The highest BCUT2D eigenvalue weighted by atomic mass is 35.5. The number of benzene rings is 4. The van der Waals surface area contributed by atoms with E-state index >= 15 is 4.79 Å². The number of halogens is 2. The maximum Gasteiger partial charge on any atom is 0.260 e. The van der Waals surface area contributed by atoms with Crippen molar-refractivity contribution >= 4 is 51.7 Å². The van der Waals surface area contributed by atoms with E-state index in [1.54, 1.807) is 36.4 Å². The van der Waals surface area contributed by atoms with Gasteiger partial charge in [0.05, 0.1) is 28.9 Å². The van der Waals surface area contributed by atoms with E-state index in [2.05, 4.69) is 5.43 Å². The summed E-state index contributed by atoms with van der Waals surface area (Å²) >= 11 is 6.35. The molecule has 6 unspecified atom stereocenters. The maximum atomic E-state index is 15.2. The minimum absolute atomic E-state index is 0.0550. The molecule has 2 saturated heterocycles. The molecule has 47 heavy (non-hydrogen) atoms. The predicted octanol–water partition coefficient (Wildman–Crippen LogP) is 5.95. The van der Waals surface area contributed by atoms with Crippen LogP contribution in [0.25, 0.3) is 10.8 Å². The van der Waals surface area contributed by atoms with Crippen LogP contribution in [0, 0.1) is 29.5 Å². The van der Waals surface area contributed by atoms with Gasteiger partial charge in [0.15, 0.2) is 0 Å². The maximum absolute atomic E-state index is 15.2. The molecule has 4 aromatic carbocycles. The lowest BCUT2D eigenvalue weighted by atomic mass is 9.48. The Morgan fingerprint density at radius 3 is 2.34 bits per heavy atom. The minimum Gasteiger partial charge on any atom is -0.508 e. The molecule has 6 atom stereocenters. The Morgan fingerprint density at radius 1 is 0.872 bits per heavy atom. The van der Waals surface area contributed by atoms with Gasteiger partial charge in [-0.25, -0.2) is 4.39 Å². The number of carbonyl (C=O) groups excluding carboxylic acids is 4. The second-order valence-corrected chi connectivity index (χ2v) is 13.3. The molecule has 8 rings (SSSR count). The third kappa shape index (κ3) is 4.05. The van der Waals surface area contributed by atoms with Gasteiger partial charge in [0.1, 0.15) is 11.6 Å². The van der Waals surface area contributed by atoms with Crippen LogP contribution in [0.1, 0.15) is 29.9 Å². The van der Waals surface area contributed by atoms with Crippen LogP contribution in [0.3, 0.4) is 0 Å². The van der Waals surface area contributed by atoms with Gasteiger partial charge in [-0.15, -0.1) is 0 Å². The number of anilines is 1. The first-order chi connectivity index (χ1) is 22.6. The molecular weight excluding hydrogens is 621 g/mol. The zero-order chi connectivity index (χ0) is 32.8. The van der Waals surface area contributed by atoms with Crippen LogP contribution < -0.4 is 5.43 Å². The van der Waals surface area contributed by atoms with Crippen LogP contribution in [0.2, 0.25) is 5.02 Å². The van der Waals surface area contributed by atoms with Gasteiger partial charge in [0.25, 0.3) is 11.8 Å². The number of phenolic OH excluding ortho intramolecular Hbond substituents is 1. The second-order valence-electron chi connectivity index (χ2n) is 12.8. The summed E-state index contributed by atoms with van der Waals surface area (Å²) < 4.78 is 13.8. The number of nitrogens with one attached hydrogen (secondary N) is 1. The van der Waals surface area contributed by atoms with Gasteiger partial charge in [0.2, 0.25) is 11.8 Å². The number of imide groups is 2. The normalized spacial score (nSPS) is 28.3. The highest BCUT2D eigenvalue weighted by Gasteiger charge is 2.70. The van der Waals surface area contributed by atoms with Crippen LogP contribution in [0.4, 0.5) is 10.1 Å². The quantitative estimate of drug-likeness (QED) is 0.209. The molecule has 8 nitrogen and oxygen atoms in total. The Hall–Kier alpha value is -5.02. The summed E-state index contributed by atoms with van der Waals surface area (Å²) in [6, 6.07) is 23.0. The van der Waals surface area contributed by atoms with Gasteiger partial charge in [-0.2, -0.15) is 5.01 Å². The lowest BCUT2D eigenvalue weighted by Gasteiger charge is -2.51. The number of aromatic hydroxyl groups is 1. The Kier molecular flexibility index (Phi) is 6.57. The molecule has 1 saturated carbocycles. The molecule has 236 valence electrons. The van der Waals surface area contributed by atoms with Gasteiger partial charge >= 0.3 is 0 Å². The Bertz CT molecular complexity index is 2050. The Labute approximate surface area is 274 Å². The molecule has 4 aromatic rings. The average Bonchev–Trinajstić information content (AvgIpc) is 3.43. The number of carbonyl (C=O) groups is 4. The van der Waals surface area contributed by atoms with E-state index in [4.69, 9.17) is 11.6 Å². The van der Waals surface area contributed by atoms with Gasteiger partial charge in [-0.05, 0) is 77.6 Å². The van der Waals surface area contributed by atoms with Crippen molar-refractivity contribution in [2.24, 2.45) is 23.7 Å². The fourth-order valence-corrected chi connectivity index (χ4v) is 8.84. The number of rotatable bonds is 4. The molecule has 10 heteroatoms. The van der Waals surface area contributed by atoms with E-state index in [1.165, 1.54) is 36.2 Å². The van der Waals surface area contributed by atoms with Gasteiger partial charge < -0.3 is 5.11 Å². The topological polar surface area (TPSA) is 107 Å². The van der Waals surface area contributed by atoms with E-state index in [1.807, 2.05) is 30.3 Å². The molecule has 0 radical (unpaired) electrons. The van der Waals surface area contributed by atoms with Crippen molar-refractivity contribution in [2.45, 2.75) is 24.2 Å². The summed E-state index contributed by atoms with van der Waals surface area (Å²) in [5.74, 6) is -5.91. The first kappa shape index (κ1) is 29.4. The number of amides is 4. The molecule has 4 amide bonds. The summed E-state index contributed by atoms with van der Waals surface area (Å²) in [5.41, 5.74) is 3.42. The molecule has 3 fully saturated rings. The van der Waals surface area contributed by atoms with Crippen LogP contribution in [0.5, 0.6) is 5.75 Å². The van der Waals surface area contributed by atoms with E-state index in [-0.39, 0.29) is 30.4 Å². The standard InChI is InChI=1S/C37H29ClFN3O5/c1-41-33(44)26-16-15-25-27(30(26)35(41)46)18-28-34(45)42(40-23-13-11-22(39)12-14-23)36(47)37(28,20-7-9-21(38)10-8-20)32(25)31-24-5-3-2-4-19(24)6-17-29(31)43/h2-15,17,26-28,30,32,40,43H,16,18H2,1H3. The molecular formula is C37H29ClFN3O5. The lowest BCUT2D eigenvalue weighted by molar-refractivity contribution is -0.140. The highest BCUT2D eigenvalue weighted by molar-refractivity contribution is 6.30. The summed E-state index contributed by atoms with van der Waals surface area (Å²) in [6.45, 7) is 0.